The first-order valence-electron chi connectivity index (χ1n) is 7.31. The van der Waals surface area contributed by atoms with Gasteiger partial charge in [0.05, 0.1) is 0 Å². The lowest BCUT2D eigenvalue weighted by molar-refractivity contribution is 1.16. The number of aromatic nitrogens is 2. The van der Waals surface area contributed by atoms with Crippen molar-refractivity contribution in [1.29, 1.82) is 0 Å². The number of benzene rings is 2. The first kappa shape index (κ1) is 15.5. The summed E-state index contributed by atoms with van der Waals surface area (Å²) in [7, 11) is 0. The third-order valence-corrected chi connectivity index (χ3v) is 4.02. The van der Waals surface area contributed by atoms with Gasteiger partial charge in [0.2, 0.25) is 5.95 Å². The third-order valence-electron chi connectivity index (χ3n) is 3.49. The predicted molar refractivity (Wildman–Crippen MR) is 98.7 cm³/mol. The average molecular weight is 369 g/mol. The standard InChI is InChI=1S/C18H17BrN4/c1-12-4-3-5-13(2)17(12)22-16-10-11-20-18(23-16)21-15-8-6-14(19)7-9-15/h3-11H,1-2H3,(H2,20,21,22,23). The van der Waals surface area contributed by atoms with Gasteiger partial charge in [-0.25, -0.2) is 4.98 Å². The van der Waals surface area contributed by atoms with E-state index in [1.165, 1.54) is 11.1 Å². The van der Waals surface area contributed by atoms with E-state index < -0.39 is 0 Å². The lowest BCUT2D eigenvalue weighted by Crippen LogP contribution is -2.02. The molecular formula is C18H17BrN4. The zero-order valence-corrected chi connectivity index (χ0v) is 14.6. The van der Waals surface area contributed by atoms with E-state index in [1.807, 2.05) is 30.3 Å². The smallest absolute Gasteiger partial charge is 0.229 e. The zero-order chi connectivity index (χ0) is 16.2. The Kier molecular flexibility index (Phi) is 4.57. The number of aryl methyl sites for hydroxylation is 2. The molecule has 0 aliphatic rings. The third kappa shape index (κ3) is 3.87. The maximum atomic E-state index is 4.52. The van der Waals surface area contributed by atoms with Gasteiger partial charge in [-0.3, -0.25) is 0 Å². The van der Waals surface area contributed by atoms with Crippen LogP contribution >= 0.6 is 15.9 Å². The molecular weight excluding hydrogens is 352 g/mol. The van der Waals surface area contributed by atoms with Gasteiger partial charge in [-0.15, -0.1) is 0 Å². The first-order chi connectivity index (χ1) is 11.1. The Morgan fingerprint density at radius 3 is 2.26 bits per heavy atom. The monoisotopic (exact) mass is 368 g/mol. The fraction of sp³-hybridized carbons (Fsp3) is 0.111. The van der Waals surface area contributed by atoms with Crippen LogP contribution in [0, 0.1) is 13.8 Å². The summed E-state index contributed by atoms with van der Waals surface area (Å²) in [6.45, 7) is 4.16. The van der Waals surface area contributed by atoms with Gasteiger partial charge in [0.25, 0.3) is 0 Å². The van der Waals surface area contributed by atoms with Gasteiger partial charge in [-0.05, 0) is 55.3 Å². The summed E-state index contributed by atoms with van der Waals surface area (Å²) in [5.74, 6) is 1.32. The Labute approximate surface area is 144 Å². The Morgan fingerprint density at radius 2 is 1.57 bits per heavy atom. The van der Waals surface area contributed by atoms with Crippen molar-refractivity contribution in [2.75, 3.05) is 10.6 Å². The highest BCUT2D eigenvalue weighted by Gasteiger charge is 2.05. The molecule has 0 fully saturated rings. The van der Waals surface area contributed by atoms with Crippen LogP contribution in [0.4, 0.5) is 23.1 Å². The Morgan fingerprint density at radius 1 is 0.870 bits per heavy atom. The summed E-state index contributed by atoms with van der Waals surface area (Å²) in [4.78, 5) is 8.79. The van der Waals surface area contributed by atoms with Crippen LogP contribution < -0.4 is 10.6 Å². The quantitative estimate of drug-likeness (QED) is 0.652. The van der Waals surface area contributed by atoms with Gasteiger partial charge in [-0.2, -0.15) is 4.98 Å². The van der Waals surface area contributed by atoms with Crippen LogP contribution in [0.2, 0.25) is 0 Å². The van der Waals surface area contributed by atoms with E-state index in [0.717, 1.165) is 21.7 Å². The Hall–Kier alpha value is -2.40. The summed E-state index contributed by atoms with van der Waals surface area (Å²) < 4.78 is 1.04. The Balaban J connectivity index is 1.81. The molecule has 1 heterocycles. The second-order valence-corrected chi connectivity index (χ2v) is 6.20. The molecule has 0 aliphatic carbocycles. The molecule has 4 nitrogen and oxygen atoms in total. The van der Waals surface area contributed by atoms with Crippen LogP contribution in [0.3, 0.4) is 0 Å². The number of halogens is 1. The molecule has 3 aromatic rings. The van der Waals surface area contributed by atoms with E-state index in [-0.39, 0.29) is 0 Å². The van der Waals surface area contributed by atoms with E-state index in [9.17, 15) is 0 Å². The van der Waals surface area contributed by atoms with Crippen molar-refractivity contribution in [3.63, 3.8) is 0 Å². The van der Waals surface area contributed by atoms with Crippen molar-refractivity contribution in [2.24, 2.45) is 0 Å². The second-order valence-electron chi connectivity index (χ2n) is 5.29. The fourth-order valence-electron chi connectivity index (χ4n) is 2.29. The average Bonchev–Trinajstić information content (AvgIpc) is 2.54. The minimum absolute atomic E-state index is 0.559. The Bertz CT molecular complexity index is 795. The maximum Gasteiger partial charge on any atom is 0.229 e. The van der Waals surface area contributed by atoms with Gasteiger partial charge in [0.1, 0.15) is 5.82 Å². The lowest BCUT2D eigenvalue weighted by atomic mass is 10.1. The van der Waals surface area contributed by atoms with Crippen molar-refractivity contribution >= 4 is 39.1 Å². The van der Waals surface area contributed by atoms with Gasteiger partial charge in [0, 0.05) is 22.0 Å². The normalized spacial score (nSPS) is 10.4. The molecule has 5 heteroatoms. The summed E-state index contributed by atoms with van der Waals surface area (Å²) >= 11 is 3.42. The van der Waals surface area contributed by atoms with E-state index in [2.05, 4.69) is 68.6 Å². The SMILES string of the molecule is Cc1cccc(C)c1Nc1ccnc(Nc2ccc(Br)cc2)n1. The van der Waals surface area contributed by atoms with Crippen molar-refractivity contribution < 1.29 is 0 Å². The summed E-state index contributed by atoms with van der Waals surface area (Å²) in [5.41, 5.74) is 4.40. The number of hydrogen-bond acceptors (Lipinski definition) is 4. The molecule has 3 rings (SSSR count). The predicted octanol–water partition coefficient (Wildman–Crippen LogP) is 5.34. The first-order valence-corrected chi connectivity index (χ1v) is 8.10. The molecule has 0 spiro atoms. The van der Waals surface area contributed by atoms with Crippen LogP contribution in [0.5, 0.6) is 0 Å². The summed E-state index contributed by atoms with van der Waals surface area (Å²) in [6.07, 6.45) is 1.74. The molecule has 23 heavy (non-hydrogen) atoms. The molecule has 0 radical (unpaired) electrons. The van der Waals surface area contributed by atoms with E-state index in [0.29, 0.717) is 5.95 Å². The number of nitrogens with one attached hydrogen (secondary N) is 2. The molecule has 0 amide bonds. The topological polar surface area (TPSA) is 49.8 Å². The molecule has 0 unspecified atom stereocenters. The molecule has 0 saturated heterocycles. The molecule has 116 valence electrons. The minimum atomic E-state index is 0.559. The summed E-state index contributed by atoms with van der Waals surface area (Å²) in [5, 5.41) is 6.58. The van der Waals surface area contributed by atoms with E-state index in [4.69, 9.17) is 0 Å². The second kappa shape index (κ2) is 6.79. The number of para-hydroxylation sites is 1. The van der Waals surface area contributed by atoms with Crippen molar-refractivity contribution in [1.82, 2.24) is 9.97 Å². The molecule has 1 aromatic heterocycles. The highest BCUT2D eigenvalue weighted by atomic mass is 79.9. The number of nitrogens with zero attached hydrogens (tertiary/aromatic N) is 2. The van der Waals surface area contributed by atoms with Crippen molar-refractivity contribution in [3.05, 3.63) is 70.3 Å². The van der Waals surface area contributed by atoms with E-state index in [1.54, 1.807) is 6.20 Å². The largest absolute Gasteiger partial charge is 0.340 e. The molecule has 0 saturated carbocycles. The fourth-order valence-corrected chi connectivity index (χ4v) is 2.55. The summed E-state index contributed by atoms with van der Waals surface area (Å²) in [6, 6.07) is 16.0. The molecule has 2 N–H and O–H groups in total. The van der Waals surface area contributed by atoms with Gasteiger partial charge in [0.15, 0.2) is 0 Å². The van der Waals surface area contributed by atoms with Crippen LogP contribution in [-0.2, 0) is 0 Å². The number of hydrogen-bond donors (Lipinski definition) is 2. The van der Waals surface area contributed by atoms with Gasteiger partial charge in [-0.1, -0.05) is 34.1 Å². The lowest BCUT2D eigenvalue weighted by Gasteiger charge is -2.12. The molecule has 0 aliphatic heterocycles. The van der Waals surface area contributed by atoms with Crippen LogP contribution in [0.15, 0.2) is 59.2 Å². The zero-order valence-electron chi connectivity index (χ0n) is 13.0. The highest BCUT2D eigenvalue weighted by Crippen LogP contribution is 2.24. The van der Waals surface area contributed by atoms with Gasteiger partial charge >= 0.3 is 0 Å². The van der Waals surface area contributed by atoms with Crippen LogP contribution in [0.1, 0.15) is 11.1 Å². The molecule has 0 atom stereocenters. The highest BCUT2D eigenvalue weighted by molar-refractivity contribution is 9.10. The van der Waals surface area contributed by atoms with Crippen molar-refractivity contribution in [2.45, 2.75) is 13.8 Å². The van der Waals surface area contributed by atoms with Crippen LogP contribution in [0.25, 0.3) is 0 Å². The molecule has 2 aromatic carbocycles. The van der Waals surface area contributed by atoms with Gasteiger partial charge < -0.3 is 10.6 Å². The number of rotatable bonds is 4. The van der Waals surface area contributed by atoms with E-state index >= 15 is 0 Å². The molecule has 0 bridgehead atoms. The maximum absolute atomic E-state index is 4.52. The van der Waals surface area contributed by atoms with Crippen molar-refractivity contribution in [3.8, 4) is 0 Å². The number of anilines is 4. The van der Waals surface area contributed by atoms with Crippen LogP contribution in [-0.4, -0.2) is 9.97 Å². The minimum Gasteiger partial charge on any atom is -0.340 e.